The number of hydrazine groups is 1. The minimum Gasteiger partial charge on any atom is -0.508 e. The second kappa shape index (κ2) is 12.1. The average molecular weight is 584 g/mol. The van der Waals surface area contributed by atoms with E-state index in [4.69, 9.17) is 0 Å². The lowest BCUT2D eigenvalue weighted by Crippen LogP contribution is -2.76. The van der Waals surface area contributed by atoms with Gasteiger partial charge in [0.15, 0.2) is 0 Å². The molecular formula is C32H37N7O4. The van der Waals surface area contributed by atoms with E-state index in [0.29, 0.717) is 13.1 Å². The molecule has 43 heavy (non-hydrogen) atoms. The molecule has 224 valence electrons. The van der Waals surface area contributed by atoms with Crippen LogP contribution in [0.5, 0.6) is 5.75 Å². The van der Waals surface area contributed by atoms with Crippen molar-refractivity contribution in [3.05, 3.63) is 95.7 Å². The van der Waals surface area contributed by atoms with E-state index in [2.05, 4.69) is 10.4 Å². The normalized spacial score (nSPS) is 18.9. The number of phenols is 1. The topological polar surface area (TPSA) is 114 Å². The number of nitrogens with zero attached hydrogens (tertiary/aromatic N) is 6. The van der Waals surface area contributed by atoms with Gasteiger partial charge in [-0.25, -0.2) is 14.8 Å². The first-order chi connectivity index (χ1) is 20.3. The molecule has 2 saturated heterocycles. The predicted octanol–water partition coefficient (Wildman–Crippen LogP) is 3.10. The molecule has 0 unspecified atom stereocenters. The Labute approximate surface area is 250 Å². The summed E-state index contributed by atoms with van der Waals surface area (Å²) in [6.07, 6.45) is 1.33. The van der Waals surface area contributed by atoms with Crippen LogP contribution >= 0.6 is 0 Å². The SMILES string of the molecule is C.CN1CC(=O)N2[C@@H](Cc3ccc(O)cc3)C(=O)N(Cc3cccc4c3cnn4C)C[C@@H]2N1C(=O)NCc1ccccc1. The van der Waals surface area contributed by atoms with E-state index in [1.807, 2.05) is 55.6 Å². The van der Waals surface area contributed by atoms with Crippen molar-refractivity contribution in [2.24, 2.45) is 7.05 Å². The minimum absolute atomic E-state index is 0. The van der Waals surface area contributed by atoms with Crippen LogP contribution in [0.1, 0.15) is 24.1 Å². The smallest absolute Gasteiger partial charge is 0.334 e. The van der Waals surface area contributed by atoms with Crippen LogP contribution in [-0.2, 0) is 36.1 Å². The number of aromatic nitrogens is 2. The Balaban J connectivity index is 0.00000368. The van der Waals surface area contributed by atoms with Crippen molar-refractivity contribution in [2.45, 2.75) is 39.1 Å². The first-order valence-electron chi connectivity index (χ1n) is 13.9. The number of phenolic OH excluding ortho intramolecular Hbond substituents is 1. The lowest BCUT2D eigenvalue weighted by Gasteiger charge is -2.54. The first-order valence-corrected chi connectivity index (χ1v) is 13.9. The van der Waals surface area contributed by atoms with Gasteiger partial charge in [0.25, 0.3) is 0 Å². The van der Waals surface area contributed by atoms with Gasteiger partial charge in [-0.15, -0.1) is 0 Å². The lowest BCUT2D eigenvalue weighted by atomic mass is 9.98. The van der Waals surface area contributed by atoms with Crippen molar-refractivity contribution in [2.75, 3.05) is 20.1 Å². The fourth-order valence-corrected chi connectivity index (χ4v) is 5.94. The molecule has 3 heterocycles. The van der Waals surface area contributed by atoms with E-state index in [1.54, 1.807) is 62.0 Å². The largest absolute Gasteiger partial charge is 0.508 e. The molecule has 3 aromatic carbocycles. The zero-order valence-electron chi connectivity index (χ0n) is 23.6. The Morgan fingerprint density at radius 1 is 0.977 bits per heavy atom. The summed E-state index contributed by atoms with van der Waals surface area (Å²) in [4.78, 5) is 44.6. The maximum atomic E-state index is 14.1. The number of aryl methyl sites for hydroxylation is 1. The van der Waals surface area contributed by atoms with Gasteiger partial charge in [0.1, 0.15) is 18.0 Å². The second-order valence-electron chi connectivity index (χ2n) is 10.8. The number of aromatic hydroxyl groups is 1. The summed E-state index contributed by atoms with van der Waals surface area (Å²) in [5, 5.41) is 21.3. The molecule has 11 nitrogen and oxygen atoms in total. The molecule has 2 aliphatic heterocycles. The van der Waals surface area contributed by atoms with Gasteiger partial charge in [-0.05, 0) is 34.9 Å². The Hall–Kier alpha value is -4.90. The monoisotopic (exact) mass is 583 g/mol. The zero-order valence-corrected chi connectivity index (χ0v) is 23.6. The van der Waals surface area contributed by atoms with Crippen LogP contribution < -0.4 is 5.32 Å². The van der Waals surface area contributed by atoms with Crippen LogP contribution in [0.3, 0.4) is 0 Å². The number of rotatable bonds is 6. The van der Waals surface area contributed by atoms with Gasteiger partial charge in [0.2, 0.25) is 11.8 Å². The van der Waals surface area contributed by atoms with Crippen LogP contribution in [-0.4, -0.2) is 84.9 Å². The van der Waals surface area contributed by atoms with E-state index >= 15 is 0 Å². The molecule has 1 aromatic heterocycles. The molecule has 2 aliphatic rings. The maximum absolute atomic E-state index is 14.1. The van der Waals surface area contributed by atoms with Gasteiger partial charge in [-0.2, -0.15) is 5.10 Å². The van der Waals surface area contributed by atoms with Gasteiger partial charge in [0, 0.05) is 39.0 Å². The van der Waals surface area contributed by atoms with E-state index in [-0.39, 0.29) is 50.5 Å². The number of hydrogen-bond donors (Lipinski definition) is 2. The highest BCUT2D eigenvalue weighted by Gasteiger charge is 2.50. The first kappa shape index (κ1) is 29.6. The molecule has 0 bridgehead atoms. The molecule has 0 aliphatic carbocycles. The van der Waals surface area contributed by atoms with Crippen LogP contribution in [0.2, 0.25) is 0 Å². The zero-order chi connectivity index (χ0) is 29.4. The maximum Gasteiger partial charge on any atom is 0.334 e. The van der Waals surface area contributed by atoms with Crippen molar-refractivity contribution < 1.29 is 19.5 Å². The molecular weight excluding hydrogens is 546 g/mol. The van der Waals surface area contributed by atoms with Gasteiger partial charge in [-0.3, -0.25) is 14.3 Å². The number of urea groups is 1. The third-order valence-electron chi connectivity index (χ3n) is 8.04. The average Bonchev–Trinajstić information content (AvgIpc) is 3.37. The van der Waals surface area contributed by atoms with E-state index < -0.39 is 12.2 Å². The van der Waals surface area contributed by atoms with Crippen molar-refractivity contribution in [3.63, 3.8) is 0 Å². The number of fused-ring (bicyclic) bond motifs is 2. The van der Waals surface area contributed by atoms with Crippen LogP contribution in [0, 0.1) is 0 Å². The minimum atomic E-state index is -0.827. The van der Waals surface area contributed by atoms with Gasteiger partial charge in [0.05, 0.1) is 24.8 Å². The fourth-order valence-electron chi connectivity index (χ4n) is 5.94. The van der Waals surface area contributed by atoms with Crippen LogP contribution in [0.15, 0.2) is 79.0 Å². The number of carbonyl (C=O) groups is 3. The molecule has 4 amide bonds. The van der Waals surface area contributed by atoms with Gasteiger partial charge >= 0.3 is 6.03 Å². The number of likely N-dealkylation sites (N-methyl/N-ethyl adjacent to an activating group) is 1. The molecule has 0 saturated carbocycles. The molecule has 0 spiro atoms. The highest BCUT2D eigenvalue weighted by molar-refractivity contribution is 5.92. The standard InChI is InChI=1S/C31H33N7O4.CH4/c1-34-20-29(40)37-27(15-21-11-13-24(39)14-12-21)30(41)36(18-23-9-6-10-26-25(23)17-33-35(26)2)19-28(37)38(34)31(42)32-16-22-7-4-3-5-8-22;/h3-14,17,27-28,39H,15-16,18-20H2,1-2H3,(H,32,42);1H4/t27-,28-;/m0./s1. The molecule has 4 aromatic rings. The summed E-state index contributed by atoms with van der Waals surface area (Å²) in [5.41, 5.74) is 3.64. The van der Waals surface area contributed by atoms with E-state index in [0.717, 1.165) is 27.6 Å². The fraction of sp³-hybridized carbons (Fsp3) is 0.312. The Kier molecular flexibility index (Phi) is 8.36. The van der Waals surface area contributed by atoms with E-state index in [9.17, 15) is 19.5 Å². The van der Waals surface area contributed by atoms with Gasteiger partial charge in [-0.1, -0.05) is 62.0 Å². The lowest BCUT2D eigenvalue weighted by molar-refractivity contribution is -0.187. The Bertz CT molecular complexity index is 1620. The van der Waals surface area contributed by atoms with E-state index in [1.165, 1.54) is 0 Å². The van der Waals surface area contributed by atoms with Crippen LogP contribution in [0.4, 0.5) is 4.79 Å². The third-order valence-corrected chi connectivity index (χ3v) is 8.04. The summed E-state index contributed by atoms with van der Waals surface area (Å²) >= 11 is 0. The van der Waals surface area contributed by atoms with Crippen molar-refractivity contribution in [1.82, 2.24) is 34.9 Å². The summed E-state index contributed by atoms with van der Waals surface area (Å²) in [5.74, 6) is -0.293. The van der Waals surface area contributed by atoms with Gasteiger partial charge < -0.3 is 20.2 Å². The molecule has 6 rings (SSSR count). The van der Waals surface area contributed by atoms with Crippen molar-refractivity contribution in [1.29, 1.82) is 0 Å². The third kappa shape index (κ3) is 5.76. The summed E-state index contributed by atoms with van der Waals surface area (Å²) in [6.45, 7) is 0.739. The van der Waals surface area contributed by atoms with Crippen LogP contribution in [0.25, 0.3) is 10.9 Å². The van der Waals surface area contributed by atoms with Crippen molar-refractivity contribution >= 4 is 28.7 Å². The quantitative estimate of drug-likeness (QED) is 0.361. The Morgan fingerprint density at radius 2 is 1.72 bits per heavy atom. The number of amides is 4. The van der Waals surface area contributed by atoms with Crippen molar-refractivity contribution in [3.8, 4) is 5.75 Å². The highest BCUT2D eigenvalue weighted by atomic mass is 16.3. The second-order valence-corrected chi connectivity index (χ2v) is 10.8. The molecule has 2 atom stereocenters. The molecule has 11 heteroatoms. The molecule has 2 fully saturated rings. The molecule has 0 radical (unpaired) electrons. The predicted molar refractivity (Wildman–Crippen MR) is 162 cm³/mol. The highest BCUT2D eigenvalue weighted by Crippen LogP contribution is 2.30. The summed E-state index contributed by atoms with van der Waals surface area (Å²) in [6, 6.07) is 21.0. The Morgan fingerprint density at radius 3 is 2.47 bits per heavy atom. The number of benzene rings is 3. The number of hydrogen-bond acceptors (Lipinski definition) is 6. The number of carbonyl (C=O) groups excluding carboxylic acids is 3. The molecule has 2 N–H and O–H groups in total. The summed E-state index contributed by atoms with van der Waals surface area (Å²) in [7, 11) is 3.59. The number of nitrogens with one attached hydrogen (secondary N) is 1. The number of piperazine rings is 1. The summed E-state index contributed by atoms with van der Waals surface area (Å²) < 4.78 is 1.79.